The number of fused-ring (bicyclic) bond motifs is 1. The maximum absolute atomic E-state index is 12.4. The van der Waals surface area contributed by atoms with Crippen LogP contribution in [0, 0.1) is 5.92 Å². The highest BCUT2D eigenvalue weighted by atomic mass is 35.5. The summed E-state index contributed by atoms with van der Waals surface area (Å²) in [4.78, 5) is 25.9. The van der Waals surface area contributed by atoms with Gasteiger partial charge in [0, 0.05) is 31.6 Å². The van der Waals surface area contributed by atoms with Crippen molar-refractivity contribution < 1.29 is 9.59 Å². The molecule has 1 saturated carbocycles. The number of carbonyl (C=O) groups is 2. The number of likely N-dealkylation sites (tertiary alicyclic amines) is 1. The van der Waals surface area contributed by atoms with Gasteiger partial charge in [0.15, 0.2) is 0 Å². The van der Waals surface area contributed by atoms with E-state index in [1.54, 1.807) is 0 Å². The summed E-state index contributed by atoms with van der Waals surface area (Å²) in [6, 6.07) is 0.545. The number of rotatable bonds is 4. The highest BCUT2D eigenvalue weighted by molar-refractivity contribution is 5.85. The van der Waals surface area contributed by atoms with Crippen molar-refractivity contribution in [3.8, 4) is 0 Å². The third-order valence-electron chi connectivity index (χ3n) is 5.23. The molecule has 5 nitrogen and oxygen atoms in total. The molecule has 126 valence electrons. The van der Waals surface area contributed by atoms with Crippen LogP contribution in [0.3, 0.4) is 0 Å². The molecule has 6 heteroatoms. The summed E-state index contributed by atoms with van der Waals surface area (Å²) in [5, 5.41) is 6.59. The summed E-state index contributed by atoms with van der Waals surface area (Å²) in [6.45, 7) is 3.47. The summed E-state index contributed by atoms with van der Waals surface area (Å²) in [6.07, 6.45) is 7.67. The molecule has 0 bridgehead atoms. The van der Waals surface area contributed by atoms with Gasteiger partial charge in [-0.25, -0.2) is 0 Å². The summed E-state index contributed by atoms with van der Waals surface area (Å²) < 4.78 is 0. The number of halogens is 1. The van der Waals surface area contributed by atoms with Crippen LogP contribution in [-0.2, 0) is 9.59 Å². The SMILES string of the molecule is CC(CN1CCCC1=O)NC(=O)C1CC2CCCCC2N1.Cl. The van der Waals surface area contributed by atoms with Gasteiger partial charge in [0.1, 0.15) is 0 Å². The van der Waals surface area contributed by atoms with E-state index in [0.29, 0.717) is 24.9 Å². The molecule has 2 amide bonds. The minimum Gasteiger partial charge on any atom is -0.351 e. The second kappa shape index (κ2) is 7.64. The van der Waals surface area contributed by atoms with E-state index in [1.807, 2.05) is 11.8 Å². The lowest BCUT2D eigenvalue weighted by atomic mass is 9.85. The van der Waals surface area contributed by atoms with Gasteiger partial charge in [0.25, 0.3) is 0 Å². The molecule has 0 aromatic carbocycles. The summed E-state index contributed by atoms with van der Waals surface area (Å²) in [5.74, 6) is 1.02. The Hall–Kier alpha value is -0.810. The standard InChI is InChI=1S/C16H27N3O2.ClH/c1-11(10-19-8-4-7-15(19)20)17-16(21)14-9-12-5-2-3-6-13(12)18-14;/h11-14,18H,2-10H2,1H3,(H,17,21);1H. The monoisotopic (exact) mass is 329 g/mol. The fourth-order valence-corrected chi connectivity index (χ4v) is 4.14. The molecule has 4 unspecified atom stereocenters. The topological polar surface area (TPSA) is 61.4 Å². The Balaban J connectivity index is 0.00000176. The van der Waals surface area contributed by atoms with Gasteiger partial charge in [-0.3, -0.25) is 9.59 Å². The molecule has 2 N–H and O–H groups in total. The van der Waals surface area contributed by atoms with Crippen molar-refractivity contribution >= 4 is 24.2 Å². The molecule has 0 radical (unpaired) electrons. The van der Waals surface area contributed by atoms with E-state index in [1.165, 1.54) is 25.7 Å². The maximum atomic E-state index is 12.4. The Bertz CT molecular complexity index is 404. The van der Waals surface area contributed by atoms with Crippen LogP contribution in [0.4, 0.5) is 0 Å². The van der Waals surface area contributed by atoms with Gasteiger partial charge in [-0.2, -0.15) is 0 Å². The van der Waals surface area contributed by atoms with Crippen LogP contribution in [0.15, 0.2) is 0 Å². The molecule has 2 aliphatic heterocycles. The van der Waals surface area contributed by atoms with Crippen LogP contribution in [0.5, 0.6) is 0 Å². The fraction of sp³-hybridized carbons (Fsp3) is 0.875. The molecule has 0 aromatic heterocycles. The first-order valence-corrected chi connectivity index (χ1v) is 8.47. The molecular formula is C16H28ClN3O2. The minimum atomic E-state index is -0.0326. The Labute approximate surface area is 139 Å². The van der Waals surface area contributed by atoms with Crippen molar-refractivity contribution in [1.29, 1.82) is 0 Å². The normalized spacial score (nSPS) is 32.3. The molecular weight excluding hydrogens is 302 g/mol. The predicted octanol–water partition coefficient (Wildman–Crippen LogP) is 1.46. The predicted molar refractivity (Wildman–Crippen MR) is 88.0 cm³/mol. The zero-order valence-corrected chi connectivity index (χ0v) is 14.2. The number of carbonyl (C=O) groups excluding carboxylic acids is 2. The van der Waals surface area contributed by atoms with E-state index in [9.17, 15) is 9.59 Å². The third kappa shape index (κ3) is 3.93. The Kier molecular flexibility index (Phi) is 6.09. The van der Waals surface area contributed by atoms with Gasteiger partial charge in [-0.15, -0.1) is 12.4 Å². The summed E-state index contributed by atoms with van der Waals surface area (Å²) >= 11 is 0. The van der Waals surface area contributed by atoms with Crippen LogP contribution in [0.2, 0.25) is 0 Å². The van der Waals surface area contributed by atoms with Crippen molar-refractivity contribution in [2.24, 2.45) is 5.92 Å². The smallest absolute Gasteiger partial charge is 0.237 e. The van der Waals surface area contributed by atoms with Crippen LogP contribution < -0.4 is 10.6 Å². The van der Waals surface area contributed by atoms with Gasteiger partial charge in [0.2, 0.25) is 11.8 Å². The summed E-state index contributed by atoms with van der Waals surface area (Å²) in [7, 11) is 0. The Morgan fingerprint density at radius 3 is 2.82 bits per heavy atom. The number of amides is 2. The van der Waals surface area contributed by atoms with Crippen LogP contribution in [-0.4, -0.2) is 47.9 Å². The second-order valence-corrected chi connectivity index (χ2v) is 6.96. The van der Waals surface area contributed by atoms with Gasteiger partial charge in [-0.1, -0.05) is 12.8 Å². The average molecular weight is 330 g/mol. The van der Waals surface area contributed by atoms with Crippen LogP contribution >= 0.6 is 12.4 Å². The second-order valence-electron chi connectivity index (χ2n) is 6.96. The van der Waals surface area contributed by atoms with Gasteiger partial charge < -0.3 is 15.5 Å². The molecule has 1 aliphatic carbocycles. The van der Waals surface area contributed by atoms with E-state index < -0.39 is 0 Å². The molecule has 3 aliphatic rings. The fourth-order valence-electron chi connectivity index (χ4n) is 4.14. The van der Waals surface area contributed by atoms with E-state index >= 15 is 0 Å². The minimum absolute atomic E-state index is 0. The molecule has 22 heavy (non-hydrogen) atoms. The quantitative estimate of drug-likeness (QED) is 0.820. The van der Waals surface area contributed by atoms with E-state index in [-0.39, 0.29) is 36.3 Å². The van der Waals surface area contributed by atoms with Crippen molar-refractivity contribution in [2.45, 2.75) is 70.0 Å². The highest BCUT2D eigenvalue weighted by Crippen LogP contribution is 2.33. The van der Waals surface area contributed by atoms with E-state index in [2.05, 4.69) is 10.6 Å². The molecule has 0 spiro atoms. The van der Waals surface area contributed by atoms with E-state index in [4.69, 9.17) is 0 Å². The van der Waals surface area contributed by atoms with Crippen molar-refractivity contribution in [3.63, 3.8) is 0 Å². The van der Waals surface area contributed by atoms with Crippen LogP contribution in [0.25, 0.3) is 0 Å². The molecule has 3 fully saturated rings. The molecule has 0 aromatic rings. The summed E-state index contributed by atoms with van der Waals surface area (Å²) in [5.41, 5.74) is 0. The third-order valence-corrected chi connectivity index (χ3v) is 5.23. The molecule has 4 atom stereocenters. The Morgan fingerprint density at radius 1 is 1.36 bits per heavy atom. The highest BCUT2D eigenvalue weighted by Gasteiger charge is 2.38. The molecule has 3 rings (SSSR count). The van der Waals surface area contributed by atoms with Gasteiger partial charge in [-0.05, 0) is 38.5 Å². The van der Waals surface area contributed by atoms with E-state index in [0.717, 1.165) is 19.4 Å². The number of nitrogens with one attached hydrogen (secondary N) is 2. The first kappa shape index (κ1) is 17.5. The zero-order chi connectivity index (χ0) is 14.8. The lowest BCUT2D eigenvalue weighted by Crippen LogP contribution is -2.49. The zero-order valence-electron chi connectivity index (χ0n) is 13.3. The number of nitrogens with zero attached hydrogens (tertiary/aromatic N) is 1. The molecule has 2 heterocycles. The number of hydrogen-bond donors (Lipinski definition) is 2. The van der Waals surface area contributed by atoms with Gasteiger partial charge >= 0.3 is 0 Å². The van der Waals surface area contributed by atoms with Crippen LogP contribution in [0.1, 0.15) is 51.9 Å². The van der Waals surface area contributed by atoms with Gasteiger partial charge in [0.05, 0.1) is 6.04 Å². The van der Waals surface area contributed by atoms with Crippen molar-refractivity contribution in [2.75, 3.05) is 13.1 Å². The molecule has 2 saturated heterocycles. The average Bonchev–Trinajstić information content (AvgIpc) is 3.05. The number of hydrogen-bond acceptors (Lipinski definition) is 3. The maximum Gasteiger partial charge on any atom is 0.237 e. The largest absolute Gasteiger partial charge is 0.351 e. The lowest BCUT2D eigenvalue weighted by Gasteiger charge is -2.24. The van der Waals surface area contributed by atoms with Crippen molar-refractivity contribution in [1.82, 2.24) is 15.5 Å². The lowest BCUT2D eigenvalue weighted by molar-refractivity contribution is -0.129. The first-order chi connectivity index (χ1) is 10.1. The Morgan fingerprint density at radius 2 is 2.14 bits per heavy atom. The first-order valence-electron chi connectivity index (χ1n) is 8.47. The van der Waals surface area contributed by atoms with Crippen molar-refractivity contribution in [3.05, 3.63) is 0 Å².